The quantitative estimate of drug-likeness (QED) is 0.0707. The SMILES string of the molecule is COc1ccc(CN(Cc2ccc(OC)cc2)S(=O)(=O)c2c(SCCNC(=O)O)ccc(I)c2-c2nnnn2Cc2ccc(OC)cc2)cc1. The van der Waals surface area contributed by atoms with Gasteiger partial charge in [0, 0.05) is 33.9 Å². The van der Waals surface area contributed by atoms with Crippen LogP contribution in [0, 0.1) is 3.57 Å². The van der Waals surface area contributed by atoms with Gasteiger partial charge in [-0.05, 0) is 98.2 Å². The third kappa shape index (κ3) is 9.04. The van der Waals surface area contributed by atoms with Crippen LogP contribution in [0.15, 0.2) is 94.7 Å². The van der Waals surface area contributed by atoms with Gasteiger partial charge in [-0.1, -0.05) is 36.4 Å². The van der Waals surface area contributed by atoms with E-state index in [1.807, 2.05) is 54.6 Å². The van der Waals surface area contributed by atoms with E-state index in [0.29, 0.717) is 31.3 Å². The molecule has 16 heteroatoms. The fraction of sp³-hybridized carbons (Fsp3) is 0.235. The highest BCUT2D eigenvalue weighted by Gasteiger charge is 2.34. The van der Waals surface area contributed by atoms with Gasteiger partial charge in [0.15, 0.2) is 5.82 Å². The van der Waals surface area contributed by atoms with E-state index in [2.05, 4.69) is 43.4 Å². The number of aromatic nitrogens is 4. The van der Waals surface area contributed by atoms with E-state index in [1.165, 1.54) is 16.1 Å². The average Bonchev–Trinajstić information content (AvgIpc) is 3.58. The molecule has 1 heterocycles. The average molecular weight is 831 g/mol. The fourth-order valence-electron chi connectivity index (χ4n) is 5.05. The largest absolute Gasteiger partial charge is 0.497 e. The summed E-state index contributed by atoms with van der Waals surface area (Å²) in [5.74, 6) is 2.54. The normalized spacial score (nSPS) is 11.4. The Hall–Kier alpha value is -4.39. The molecule has 0 bridgehead atoms. The lowest BCUT2D eigenvalue weighted by molar-refractivity contribution is 0.195. The van der Waals surface area contributed by atoms with Gasteiger partial charge in [0.25, 0.3) is 0 Å². The lowest BCUT2D eigenvalue weighted by Gasteiger charge is -2.26. The van der Waals surface area contributed by atoms with Crippen LogP contribution < -0.4 is 19.5 Å². The fourth-order valence-corrected chi connectivity index (χ4v) is 8.92. The maximum atomic E-state index is 15.2. The number of sulfonamides is 1. The van der Waals surface area contributed by atoms with Gasteiger partial charge >= 0.3 is 6.09 Å². The van der Waals surface area contributed by atoms with Crippen molar-refractivity contribution in [2.75, 3.05) is 33.6 Å². The molecule has 5 aromatic rings. The first-order valence-electron chi connectivity index (χ1n) is 15.2. The lowest BCUT2D eigenvalue weighted by Crippen LogP contribution is -2.31. The van der Waals surface area contributed by atoms with Gasteiger partial charge < -0.3 is 24.6 Å². The predicted octanol–water partition coefficient (Wildman–Crippen LogP) is 5.77. The molecule has 0 atom stereocenters. The van der Waals surface area contributed by atoms with Crippen molar-refractivity contribution in [3.63, 3.8) is 0 Å². The summed E-state index contributed by atoms with van der Waals surface area (Å²) in [5.41, 5.74) is 2.72. The number of rotatable bonds is 16. The van der Waals surface area contributed by atoms with Crippen LogP contribution in [0.4, 0.5) is 4.79 Å². The summed E-state index contributed by atoms with van der Waals surface area (Å²) in [7, 11) is 0.425. The van der Waals surface area contributed by atoms with E-state index < -0.39 is 16.1 Å². The lowest BCUT2D eigenvalue weighted by atomic mass is 10.2. The van der Waals surface area contributed by atoms with Crippen LogP contribution in [0.1, 0.15) is 16.7 Å². The van der Waals surface area contributed by atoms with Crippen molar-refractivity contribution < 1.29 is 32.5 Å². The van der Waals surface area contributed by atoms with Crippen LogP contribution in [0.25, 0.3) is 11.4 Å². The van der Waals surface area contributed by atoms with Gasteiger partial charge in [0.2, 0.25) is 10.0 Å². The number of thioether (sulfide) groups is 1. The molecular weight excluding hydrogens is 795 g/mol. The molecule has 0 aliphatic rings. The first-order chi connectivity index (χ1) is 24.1. The Morgan fingerprint density at radius 2 is 1.36 bits per heavy atom. The second-order valence-corrected chi connectivity index (χ2v) is 15.0. The van der Waals surface area contributed by atoms with Crippen molar-refractivity contribution in [2.24, 2.45) is 0 Å². The van der Waals surface area contributed by atoms with Crippen LogP contribution in [0.2, 0.25) is 0 Å². The second-order valence-electron chi connectivity index (χ2n) is 10.8. The highest BCUT2D eigenvalue weighted by molar-refractivity contribution is 14.1. The Morgan fingerprint density at radius 1 is 0.840 bits per heavy atom. The van der Waals surface area contributed by atoms with E-state index in [1.54, 1.807) is 56.3 Å². The molecular formula is C34H35IN6O7S2. The molecule has 1 amide bonds. The molecule has 0 aliphatic carbocycles. The first-order valence-corrected chi connectivity index (χ1v) is 18.7. The Morgan fingerprint density at radius 3 is 1.86 bits per heavy atom. The zero-order chi connectivity index (χ0) is 35.7. The Balaban J connectivity index is 1.64. The first kappa shape index (κ1) is 36.9. The maximum absolute atomic E-state index is 15.2. The zero-order valence-electron chi connectivity index (χ0n) is 27.4. The molecule has 50 heavy (non-hydrogen) atoms. The standard InChI is InChI=1S/C34H35IN6O7S2/c1-46-26-10-4-23(5-11-26)20-40(21-24-6-12-27(47-2)13-7-24)50(44,45)32-30(49-19-18-36-34(42)43)17-16-29(35)31(32)33-37-38-39-41(33)22-25-8-14-28(48-3)15-9-25/h4-17,36H,18-22H2,1-3H3,(H,42,43). The number of nitrogens with one attached hydrogen (secondary N) is 1. The van der Waals surface area contributed by atoms with Crippen molar-refractivity contribution in [2.45, 2.75) is 29.4 Å². The van der Waals surface area contributed by atoms with Crippen LogP contribution >= 0.6 is 34.4 Å². The number of halogens is 1. The molecule has 0 aliphatic heterocycles. The van der Waals surface area contributed by atoms with Crippen LogP contribution in [0.3, 0.4) is 0 Å². The third-order valence-corrected chi connectivity index (χ3v) is 11.6. The molecule has 0 unspecified atom stereocenters. The molecule has 0 saturated carbocycles. The van der Waals surface area contributed by atoms with E-state index >= 15 is 8.42 Å². The molecule has 1 aromatic heterocycles. The van der Waals surface area contributed by atoms with E-state index in [9.17, 15) is 4.79 Å². The van der Waals surface area contributed by atoms with Crippen molar-refractivity contribution in [3.05, 3.63) is 105 Å². The van der Waals surface area contributed by atoms with Crippen molar-refractivity contribution in [1.29, 1.82) is 0 Å². The summed E-state index contributed by atoms with van der Waals surface area (Å²) in [6, 6.07) is 25.4. The minimum Gasteiger partial charge on any atom is -0.497 e. The number of tetrazole rings is 1. The van der Waals surface area contributed by atoms with Gasteiger partial charge in [-0.15, -0.1) is 16.9 Å². The zero-order valence-corrected chi connectivity index (χ0v) is 31.2. The van der Waals surface area contributed by atoms with E-state index in [4.69, 9.17) is 19.3 Å². The molecule has 262 valence electrons. The summed E-state index contributed by atoms with van der Waals surface area (Å²) < 4.78 is 50.0. The van der Waals surface area contributed by atoms with Gasteiger partial charge in [0.05, 0.1) is 33.4 Å². The maximum Gasteiger partial charge on any atom is 0.404 e. The third-order valence-electron chi connectivity index (χ3n) is 7.59. The number of amides is 1. The summed E-state index contributed by atoms with van der Waals surface area (Å²) in [5, 5.41) is 24.0. The minimum absolute atomic E-state index is 0.0255. The van der Waals surface area contributed by atoms with Gasteiger partial charge in [-0.2, -0.15) is 4.31 Å². The Kier molecular flexibility index (Phi) is 12.6. The molecule has 2 N–H and O–H groups in total. The van der Waals surface area contributed by atoms with Crippen molar-refractivity contribution in [1.82, 2.24) is 29.8 Å². The summed E-state index contributed by atoms with van der Waals surface area (Å²) in [6.07, 6.45) is -1.16. The highest BCUT2D eigenvalue weighted by atomic mass is 127. The van der Waals surface area contributed by atoms with Crippen molar-refractivity contribution in [3.8, 4) is 28.6 Å². The topological polar surface area (TPSA) is 158 Å². The van der Waals surface area contributed by atoms with Gasteiger partial charge in [0.1, 0.15) is 22.1 Å². The smallest absolute Gasteiger partial charge is 0.404 e. The molecule has 0 radical (unpaired) electrons. The number of nitrogens with zero attached hydrogens (tertiary/aromatic N) is 5. The van der Waals surface area contributed by atoms with Crippen LogP contribution in [-0.4, -0.2) is 77.8 Å². The van der Waals surface area contributed by atoms with E-state index in [-0.39, 0.29) is 42.7 Å². The highest BCUT2D eigenvalue weighted by Crippen LogP contribution is 2.40. The van der Waals surface area contributed by atoms with Crippen molar-refractivity contribution >= 4 is 50.5 Å². The number of benzene rings is 4. The number of carboxylic acid groups (broad SMARTS) is 1. The van der Waals surface area contributed by atoms with Gasteiger partial charge in [-0.25, -0.2) is 17.9 Å². The summed E-state index contributed by atoms with van der Waals surface area (Å²) in [4.78, 5) is 11.6. The number of carbonyl (C=O) groups is 1. The molecule has 0 saturated heterocycles. The monoisotopic (exact) mass is 830 g/mol. The molecule has 0 spiro atoms. The molecule has 5 rings (SSSR count). The molecule has 13 nitrogen and oxygen atoms in total. The van der Waals surface area contributed by atoms with Crippen LogP contribution in [0.5, 0.6) is 17.2 Å². The summed E-state index contributed by atoms with van der Waals surface area (Å²) >= 11 is 3.34. The van der Waals surface area contributed by atoms with Gasteiger partial charge in [-0.3, -0.25) is 0 Å². The number of ether oxygens (including phenoxy) is 3. The van der Waals surface area contributed by atoms with E-state index in [0.717, 1.165) is 16.7 Å². The second kappa shape index (κ2) is 17.0. The minimum atomic E-state index is -4.31. The summed E-state index contributed by atoms with van der Waals surface area (Å²) in [6.45, 7) is 0.468. The predicted molar refractivity (Wildman–Crippen MR) is 197 cm³/mol. The Bertz CT molecular complexity index is 1960. The number of methoxy groups -OCH3 is 3. The molecule has 0 fully saturated rings. The molecule has 4 aromatic carbocycles. The number of hydrogen-bond donors (Lipinski definition) is 2. The van der Waals surface area contributed by atoms with Crippen LogP contribution in [-0.2, 0) is 29.7 Å². The number of hydrogen-bond acceptors (Lipinski definition) is 10. The Labute approximate surface area is 308 Å².